The van der Waals surface area contributed by atoms with Gasteiger partial charge < -0.3 is 9.80 Å². The van der Waals surface area contributed by atoms with E-state index in [1.807, 2.05) is 35.2 Å². The minimum absolute atomic E-state index is 0.0267. The number of rotatable bonds is 3. The van der Waals surface area contributed by atoms with Gasteiger partial charge in [0.15, 0.2) is 0 Å². The fraction of sp³-hybridized carbons (Fsp3) is 0.273. The van der Waals surface area contributed by atoms with Gasteiger partial charge in [0.1, 0.15) is 0 Å². The number of aryl methyl sites for hydroxylation is 1. The number of aromatic nitrogens is 3. The van der Waals surface area contributed by atoms with Crippen LogP contribution in [0, 0.1) is 6.92 Å². The maximum Gasteiger partial charge on any atom is 0.255 e. The van der Waals surface area contributed by atoms with Crippen LogP contribution in [0.15, 0.2) is 61.1 Å². The van der Waals surface area contributed by atoms with Gasteiger partial charge in [0.2, 0.25) is 5.95 Å². The summed E-state index contributed by atoms with van der Waals surface area (Å²) >= 11 is 0. The Morgan fingerprint density at radius 1 is 0.893 bits per heavy atom. The molecule has 4 rings (SSSR count). The lowest BCUT2D eigenvalue weighted by molar-refractivity contribution is 0.0766. The van der Waals surface area contributed by atoms with E-state index < -0.39 is 0 Å². The van der Waals surface area contributed by atoms with Crippen molar-refractivity contribution in [1.82, 2.24) is 19.9 Å². The second kappa shape index (κ2) is 8.17. The Hall–Kier alpha value is -3.28. The first kappa shape index (κ1) is 18.1. The number of benzene rings is 1. The minimum atomic E-state index is 0.0267. The summed E-state index contributed by atoms with van der Waals surface area (Å²) in [5, 5.41) is 0. The highest BCUT2D eigenvalue weighted by atomic mass is 16.2. The Morgan fingerprint density at radius 2 is 1.68 bits per heavy atom. The Kier molecular flexibility index (Phi) is 5.28. The SMILES string of the molecule is Cc1ccc(-c2ccc(C(=O)N3CCCN(c4ncccn4)CC3)cn2)cc1. The van der Waals surface area contributed by atoms with Crippen LogP contribution in [-0.4, -0.2) is 51.9 Å². The average Bonchev–Trinajstić information content (AvgIpc) is 3.01. The largest absolute Gasteiger partial charge is 0.339 e. The lowest BCUT2D eigenvalue weighted by Crippen LogP contribution is -2.35. The Balaban J connectivity index is 1.43. The van der Waals surface area contributed by atoms with Crippen LogP contribution >= 0.6 is 0 Å². The molecule has 142 valence electrons. The third kappa shape index (κ3) is 4.01. The molecule has 2 aromatic heterocycles. The van der Waals surface area contributed by atoms with Crippen LogP contribution in [-0.2, 0) is 0 Å². The van der Waals surface area contributed by atoms with Crippen molar-refractivity contribution in [1.29, 1.82) is 0 Å². The molecule has 28 heavy (non-hydrogen) atoms. The Labute approximate surface area is 164 Å². The normalized spacial score (nSPS) is 14.6. The van der Waals surface area contributed by atoms with Gasteiger partial charge in [-0.05, 0) is 31.5 Å². The van der Waals surface area contributed by atoms with Gasteiger partial charge in [-0.15, -0.1) is 0 Å². The zero-order valence-corrected chi connectivity index (χ0v) is 16.0. The number of hydrogen-bond donors (Lipinski definition) is 0. The molecule has 0 radical (unpaired) electrons. The topological polar surface area (TPSA) is 62.2 Å². The highest BCUT2D eigenvalue weighted by Crippen LogP contribution is 2.19. The van der Waals surface area contributed by atoms with Crippen molar-refractivity contribution in [2.45, 2.75) is 13.3 Å². The van der Waals surface area contributed by atoms with Crippen molar-refractivity contribution < 1.29 is 4.79 Å². The molecule has 0 saturated carbocycles. The van der Waals surface area contributed by atoms with Gasteiger partial charge in [0, 0.05) is 50.3 Å². The van der Waals surface area contributed by atoms with E-state index in [1.54, 1.807) is 18.6 Å². The minimum Gasteiger partial charge on any atom is -0.339 e. The maximum atomic E-state index is 12.9. The van der Waals surface area contributed by atoms with Crippen LogP contribution < -0.4 is 4.90 Å². The van der Waals surface area contributed by atoms with Gasteiger partial charge in [-0.3, -0.25) is 9.78 Å². The number of carbonyl (C=O) groups excluding carboxylic acids is 1. The first-order chi connectivity index (χ1) is 13.7. The number of pyridine rings is 1. The van der Waals surface area contributed by atoms with Gasteiger partial charge in [-0.2, -0.15) is 0 Å². The van der Waals surface area contributed by atoms with Crippen molar-refractivity contribution in [3.05, 3.63) is 72.2 Å². The third-order valence-corrected chi connectivity index (χ3v) is 4.98. The second-order valence-corrected chi connectivity index (χ2v) is 6.98. The van der Waals surface area contributed by atoms with E-state index in [1.165, 1.54) is 5.56 Å². The molecule has 0 aliphatic carbocycles. The van der Waals surface area contributed by atoms with Crippen molar-refractivity contribution in [3.8, 4) is 11.3 Å². The number of nitrogens with zero attached hydrogens (tertiary/aromatic N) is 5. The smallest absolute Gasteiger partial charge is 0.255 e. The highest BCUT2D eigenvalue weighted by Gasteiger charge is 2.21. The summed E-state index contributed by atoms with van der Waals surface area (Å²) in [6.45, 7) is 5.01. The number of hydrogen-bond acceptors (Lipinski definition) is 5. The molecule has 0 bridgehead atoms. The first-order valence-corrected chi connectivity index (χ1v) is 9.55. The van der Waals surface area contributed by atoms with Gasteiger partial charge in [0.25, 0.3) is 5.91 Å². The van der Waals surface area contributed by atoms with E-state index in [4.69, 9.17) is 0 Å². The summed E-state index contributed by atoms with van der Waals surface area (Å²) in [5.41, 5.74) is 3.77. The van der Waals surface area contributed by atoms with E-state index in [0.29, 0.717) is 12.1 Å². The van der Waals surface area contributed by atoms with Crippen molar-refractivity contribution >= 4 is 11.9 Å². The molecule has 6 nitrogen and oxygen atoms in total. The lowest BCUT2D eigenvalue weighted by atomic mass is 10.1. The lowest BCUT2D eigenvalue weighted by Gasteiger charge is -2.22. The van der Waals surface area contributed by atoms with Gasteiger partial charge in [0.05, 0.1) is 11.3 Å². The molecule has 0 unspecified atom stereocenters. The molecule has 0 spiro atoms. The fourth-order valence-electron chi connectivity index (χ4n) is 3.37. The van der Waals surface area contributed by atoms with E-state index >= 15 is 0 Å². The zero-order valence-electron chi connectivity index (χ0n) is 16.0. The number of amides is 1. The maximum absolute atomic E-state index is 12.9. The number of carbonyl (C=O) groups is 1. The Bertz CT molecular complexity index is 925. The standard InChI is InChI=1S/C22H23N5O/c1-17-4-6-18(7-5-17)20-9-8-19(16-25-20)21(28)26-12-3-13-27(15-14-26)22-23-10-2-11-24-22/h2,4-11,16H,3,12-15H2,1H3. The number of anilines is 1. The highest BCUT2D eigenvalue weighted by molar-refractivity contribution is 5.94. The molecule has 0 N–H and O–H groups in total. The first-order valence-electron chi connectivity index (χ1n) is 9.55. The molecule has 1 amide bonds. The van der Waals surface area contributed by atoms with E-state index in [-0.39, 0.29) is 5.91 Å². The molecular formula is C22H23N5O. The summed E-state index contributed by atoms with van der Waals surface area (Å²) in [6, 6.07) is 13.8. The van der Waals surface area contributed by atoms with Crippen LogP contribution in [0.5, 0.6) is 0 Å². The van der Waals surface area contributed by atoms with Crippen molar-refractivity contribution in [2.75, 3.05) is 31.1 Å². The van der Waals surface area contributed by atoms with Crippen LogP contribution in [0.1, 0.15) is 22.3 Å². The van der Waals surface area contributed by atoms with Gasteiger partial charge >= 0.3 is 0 Å². The summed E-state index contributed by atoms with van der Waals surface area (Å²) < 4.78 is 0. The average molecular weight is 373 g/mol. The molecule has 3 aromatic rings. The predicted molar refractivity (Wildman–Crippen MR) is 109 cm³/mol. The van der Waals surface area contributed by atoms with Crippen molar-refractivity contribution in [3.63, 3.8) is 0 Å². The van der Waals surface area contributed by atoms with Crippen LogP contribution in [0.2, 0.25) is 0 Å². The summed E-state index contributed by atoms with van der Waals surface area (Å²) in [4.78, 5) is 30.1. The van der Waals surface area contributed by atoms with Crippen LogP contribution in [0.3, 0.4) is 0 Å². The molecule has 0 atom stereocenters. The molecular weight excluding hydrogens is 350 g/mol. The second-order valence-electron chi connectivity index (χ2n) is 6.98. The molecule has 1 aromatic carbocycles. The summed E-state index contributed by atoms with van der Waals surface area (Å²) in [7, 11) is 0. The fourth-order valence-corrected chi connectivity index (χ4v) is 3.37. The molecule has 1 aliphatic rings. The van der Waals surface area contributed by atoms with Crippen molar-refractivity contribution in [2.24, 2.45) is 0 Å². The van der Waals surface area contributed by atoms with Gasteiger partial charge in [-0.25, -0.2) is 9.97 Å². The van der Waals surface area contributed by atoms with Crippen LogP contribution in [0.25, 0.3) is 11.3 Å². The van der Waals surface area contributed by atoms with E-state index in [2.05, 4.69) is 38.9 Å². The third-order valence-electron chi connectivity index (χ3n) is 4.98. The van der Waals surface area contributed by atoms with E-state index in [9.17, 15) is 4.79 Å². The summed E-state index contributed by atoms with van der Waals surface area (Å²) in [5.74, 6) is 0.750. The molecule has 3 heterocycles. The molecule has 6 heteroatoms. The quantitative estimate of drug-likeness (QED) is 0.706. The Morgan fingerprint density at radius 3 is 2.39 bits per heavy atom. The monoisotopic (exact) mass is 373 g/mol. The zero-order chi connectivity index (χ0) is 19.3. The summed E-state index contributed by atoms with van der Waals surface area (Å²) in [6.07, 6.45) is 6.06. The molecule has 1 aliphatic heterocycles. The van der Waals surface area contributed by atoms with Crippen LogP contribution in [0.4, 0.5) is 5.95 Å². The molecule has 1 fully saturated rings. The predicted octanol–water partition coefficient (Wildman–Crippen LogP) is 3.20. The molecule has 1 saturated heterocycles. The van der Waals surface area contributed by atoms with E-state index in [0.717, 1.165) is 43.3 Å². The van der Waals surface area contributed by atoms with Gasteiger partial charge in [-0.1, -0.05) is 29.8 Å².